The zero-order valence-corrected chi connectivity index (χ0v) is 17.8. The molecule has 6 nitrogen and oxygen atoms in total. The van der Waals surface area contributed by atoms with E-state index in [-0.39, 0.29) is 0 Å². The van der Waals surface area contributed by atoms with Crippen molar-refractivity contribution in [2.45, 2.75) is 18.4 Å². The summed E-state index contributed by atoms with van der Waals surface area (Å²) >= 11 is 1.54. The van der Waals surface area contributed by atoms with Crippen molar-refractivity contribution in [1.29, 1.82) is 0 Å². The Bertz CT molecular complexity index is 1070. The highest BCUT2D eigenvalue weighted by molar-refractivity contribution is 7.89. The van der Waals surface area contributed by atoms with E-state index in [0.29, 0.717) is 31.2 Å². The van der Waals surface area contributed by atoms with Gasteiger partial charge in [-0.25, -0.2) is 13.4 Å². The Morgan fingerprint density at radius 3 is 2.55 bits per heavy atom. The number of anilines is 1. The molecule has 0 radical (unpaired) electrons. The van der Waals surface area contributed by atoms with E-state index >= 15 is 0 Å². The number of nitrogens with zero attached hydrogens (tertiary/aromatic N) is 2. The number of aromatic nitrogens is 1. The smallest absolute Gasteiger partial charge is 0.243 e. The summed E-state index contributed by atoms with van der Waals surface area (Å²) in [6.07, 6.45) is 0. The summed E-state index contributed by atoms with van der Waals surface area (Å²) < 4.78 is 32.2. The molecule has 2 heterocycles. The molecule has 0 saturated carbocycles. The molecule has 0 atom stereocenters. The maximum atomic E-state index is 12.7. The molecule has 2 aromatic carbocycles. The molecule has 0 unspecified atom stereocenters. The zero-order chi connectivity index (χ0) is 20.3. The number of hydrogen-bond donors (Lipinski definition) is 1. The van der Waals surface area contributed by atoms with Crippen LogP contribution in [0.15, 0.2) is 58.8 Å². The van der Waals surface area contributed by atoms with Crippen molar-refractivity contribution < 1.29 is 13.2 Å². The second-order valence-electron chi connectivity index (χ2n) is 6.86. The minimum Gasteiger partial charge on any atom is -0.379 e. The first kappa shape index (κ1) is 20.0. The number of sulfonamides is 1. The van der Waals surface area contributed by atoms with E-state index in [2.05, 4.69) is 29.4 Å². The first-order valence-corrected chi connectivity index (χ1v) is 11.8. The number of rotatable bonds is 6. The predicted octanol–water partition coefficient (Wildman–Crippen LogP) is 3.75. The number of hydrogen-bond acceptors (Lipinski definition) is 6. The SMILES string of the molecule is Cc1ccccc1CNc1nc(-c2ccc(S(=O)(=O)N3CCOCC3)cc2)cs1. The molecule has 0 amide bonds. The zero-order valence-electron chi connectivity index (χ0n) is 16.2. The normalized spacial score (nSPS) is 15.3. The lowest BCUT2D eigenvalue weighted by Gasteiger charge is -2.26. The molecule has 4 rings (SSSR count). The van der Waals surface area contributed by atoms with Crippen LogP contribution in [0.5, 0.6) is 0 Å². The second kappa shape index (κ2) is 8.62. The van der Waals surface area contributed by atoms with Gasteiger partial charge >= 0.3 is 0 Å². The quantitative estimate of drug-likeness (QED) is 0.646. The Morgan fingerprint density at radius 2 is 1.83 bits per heavy atom. The van der Waals surface area contributed by atoms with Crippen LogP contribution in [-0.2, 0) is 21.3 Å². The van der Waals surface area contributed by atoms with Gasteiger partial charge in [0.15, 0.2) is 5.13 Å². The van der Waals surface area contributed by atoms with Crippen LogP contribution >= 0.6 is 11.3 Å². The van der Waals surface area contributed by atoms with Gasteiger partial charge in [0, 0.05) is 30.6 Å². The minimum absolute atomic E-state index is 0.302. The van der Waals surface area contributed by atoms with Crippen LogP contribution in [0.1, 0.15) is 11.1 Å². The number of nitrogens with one attached hydrogen (secondary N) is 1. The van der Waals surface area contributed by atoms with Crippen molar-refractivity contribution in [3.8, 4) is 11.3 Å². The third-order valence-corrected chi connectivity index (χ3v) is 7.67. The molecule has 152 valence electrons. The Balaban J connectivity index is 1.45. The fourth-order valence-corrected chi connectivity index (χ4v) is 5.33. The highest BCUT2D eigenvalue weighted by atomic mass is 32.2. The summed E-state index contributed by atoms with van der Waals surface area (Å²) in [7, 11) is -3.48. The van der Waals surface area contributed by atoms with Gasteiger partial charge in [0.05, 0.1) is 23.8 Å². The van der Waals surface area contributed by atoms with Gasteiger partial charge in [-0.1, -0.05) is 36.4 Å². The highest BCUT2D eigenvalue weighted by Crippen LogP contribution is 2.27. The topological polar surface area (TPSA) is 71.5 Å². The molecule has 29 heavy (non-hydrogen) atoms. The van der Waals surface area contributed by atoms with Gasteiger partial charge < -0.3 is 10.1 Å². The average Bonchev–Trinajstić information content (AvgIpc) is 3.23. The van der Waals surface area contributed by atoms with Crippen LogP contribution in [0.4, 0.5) is 5.13 Å². The Labute approximate surface area is 175 Å². The molecule has 1 aliphatic rings. The standard InChI is InChI=1S/C21H23N3O3S2/c1-16-4-2-3-5-18(16)14-22-21-23-20(15-28-21)17-6-8-19(9-7-17)29(25,26)24-10-12-27-13-11-24/h2-9,15H,10-14H2,1H3,(H,22,23). The van der Waals surface area contributed by atoms with E-state index in [9.17, 15) is 8.42 Å². The predicted molar refractivity (Wildman–Crippen MR) is 116 cm³/mol. The first-order valence-electron chi connectivity index (χ1n) is 9.46. The molecule has 0 aliphatic carbocycles. The molecule has 1 fully saturated rings. The van der Waals surface area contributed by atoms with Crippen LogP contribution in [0.2, 0.25) is 0 Å². The van der Waals surface area contributed by atoms with Gasteiger partial charge in [-0.2, -0.15) is 4.31 Å². The monoisotopic (exact) mass is 429 g/mol. The van der Waals surface area contributed by atoms with Gasteiger partial charge in [0.1, 0.15) is 0 Å². The third kappa shape index (κ3) is 4.51. The average molecular weight is 430 g/mol. The Morgan fingerprint density at radius 1 is 1.10 bits per heavy atom. The maximum absolute atomic E-state index is 12.7. The van der Waals surface area contributed by atoms with Gasteiger partial charge in [0.25, 0.3) is 0 Å². The molecule has 0 bridgehead atoms. The largest absolute Gasteiger partial charge is 0.379 e. The minimum atomic E-state index is -3.48. The number of morpholine rings is 1. The molecule has 1 N–H and O–H groups in total. The molecule has 0 spiro atoms. The van der Waals surface area contributed by atoms with E-state index < -0.39 is 10.0 Å². The third-order valence-electron chi connectivity index (χ3n) is 4.95. The van der Waals surface area contributed by atoms with Crippen molar-refractivity contribution in [2.75, 3.05) is 31.6 Å². The number of thiazole rings is 1. The summed E-state index contributed by atoms with van der Waals surface area (Å²) in [6.45, 7) is 4.48. The summed E-state index contributed by atoms with van der Waals surface area (Å²) in [5.74, 6) is 0. The van der Waals surface area contributed by atoms with Gasteiger partial charge in [-0.05, 0) is 30.2 Å². The number of benzene rings is 2. The van der Waals surface area contributed by atoms with E-state index in [1.165, 1.54) is 26.8 Å². The van der Waals surface area contributed by atoms with Crippen molar-refractivity contribution >= 4 is 26.5 Å². The molecular formula is C21H23N3O3S2. The van der Waals surface area contributed by atoms with Crippen LogP contribution in [-0.4, -0.2) is 44.0 Å². The number of ether oxygens (including phenoxy) is 1. The van der Waals surface area contributed by atoms with E-state index in [1.807, 2.05) is 29.6 Å². The lowest BCUT2D eigenvalue weighted by Crippen LogP contribution is -2.40. The Hall–Kier alpha value is -2.26. The summed E-state index contributed by atoms with van der Waals surface area (Å²) in [6, 6.07) is 15.2. The molecule has 3 aromatic rings. The summed E-state index contributed by atoms with van der Waals surface area (Å²) in [5.41, 5.74) is 4.21. The van der Waals surface area contributed by atoms with E-state index in [1.54, 1.807) is 12.1 Å². The summed E-state index contributed by atoms with van der Waals surface area (Å²) in [4.78, 5) is 4.94. The van der Waals surface area contributed by atoms with Crippen LogP contribution < -0.4 is 5.32 Å². The van der Waals surface area contributed by atoms with E-state index in [0.717, 1.165) is 22.9 Å². The molecule has 1 saturated heterocycles. The van der Waals surface area contributed by atoms with Crippen LogP contribution in [0.3, 0.4) is 0 Å². The second-order valence-corrected chi connectivity index (χ2v) is 9.65. The van der Waals surface area contributed by atoms with Crippen molar-refractivity contribution in [1.82, 2.24) is 9.29 Å². The van der Waals surface area contributed by atoms with Crippen molar-refractivity contribution in [3.63, 3.8) is 0 Å². The molecule has 1 aromatic heterocycles. The fourth-order valence-electron chi connectivity index (χ4n) is 3.20. The van der Waals surface area contributed by atoms with E-state index in [4.69, 9.17) is 4.74 Å². The Kier molecular flexibility index (Phi) is 5.96. The molecule has 8 heteroatoms. The van der Waals surface area contributed by atoms with Crippen molar-refractivity contribution in [2.24, 2.45) is 0 Å². The lowest BCUT2D eigenvalue weighted by molar-refractivity contribution is 0.0730. The van der Waals surface area contributed by atoms with Crippen LogP contribution in [0, 0.1) is 6.92 Å². The fraction of sp³-hybridized carbons (Fsp3) is 0.286. The molecular weight excluding hydrogens is 406 g/mol. The van der Waals surface area contributed by atoms with Crippen molar-refractivity contribution in [3.05, 3.63) is 65.0 Å². The lowest BCUT2D eigenvalue weighted by atomic mass is 10.1. The summed E-state index contributed by atoms with van der Waals surface area (Å²) in [5, 5.41) is 6.18. The number of aryl methyl sites for hydroxylation is 1. The first-order chi connectivity index (χ1) is 14.0. The highest BCUT2D eigenvalue weighted by Gasteiger charge is 2.26. The molecule has 1 aliphatic heterocycles. The van der Waals surface area contributed by atoms with Gasteiger partial charge in [0.2, 0.25) is 10.0 Å². The maximum Gasteiger partial charge on any atom is 0.243 e. The van der Waals surface area contributed by atoms with Gasteiger partial charge in [-0.3, -0.25) is 0 Å². The van der Waals surface area contributed by atoms with Gasteiger partial charge in [-0.15, -0.1) is 11.3 Å². The van der Waals surface area contributed by atoms with Crippen LogP contribution in [0.25, 0.3) is 11.3 Å².